The Morgan fingerprint density at radius 1 is 0.788 bits per heavy atom. The SMILES string of the molecule is C[C@H]1C(=O)C[C@@H](O)[C@@H]2[C@]1(C)CC[C@H]1[C@@]2(C)CC[C@@]2(C)[C@@H]3CC(C)(C)CC[C@]3(C)C[C@H](O)[C@]12C. The number of rotatable bonds is 0. The number of ketones is 1. The second kappa shape index (κ2) is 6.87. The first kappa shape index (κ1) is 24.3. The van der Waals surface area contributed by atoms with Crippen LogP contribution >= 0.6 is 0 Å². The van der Waals surface area contributed by atoms with Gasteiger partial charge in [0.15, 0.2) is 0 Å². The van der Waals surface area contributed by atoms with Gasteiger partial charge in [0.05, 0.1) is 12.2 Å². The minimum Gasteiger partial charge on any atom is -0.393 e. The van der Waals surface area contributed by atoms with Crippen LogP contribution in [0.25, 0.3) is 0 Å². The summed E-state index contributed by atoms with van der Waals surface area (Å²) in [6.07, 6.45) is 8.47. The Morgan fingerprint density at radius 2 is 1.45 bits per heavy atom. The molecule has 0 saturated heterocycles. The van der Waals surface area contributed by atoms with Gasteiger partial charge in [0.25, 0.3) is 0 Å². The van der Waals surface area contributed by atoms with E-state index in [4.69, 9.17) is 0 Å². The molecule has 5 aliphatic rings. The highest BCUT2D eigenvalue weighted by molar-refractivity contribution is 5.83. The van der Waals surface area contributed by atoms with E-state index in [1.165, 1.54) is 19.3 Å². The lowest BCUT2D eigenvalue weighted by molar-refractivity contribution is -0.298. The van der Waals surface area contributed by atoms with Gasteiger partial charge in [-0.2, -0.15) is 0 Å². The minimum absolute atomic E-state index is 0.0171. The molecule has 3 nitrogen and oxygen atoms in total. The lowest BCUT2D eigenvalue weighted by Crippen LogP contribution is -2.72. The summed E-state index contributed by atoms with van der Waals surface area (Å²) in [5.74, 6) is 1.43. The summed E-state index contributed by atoms with van der Waals surface area (Å²) in [6, 6.07) is 0. The molecule has 5 saturated carbocycles. The molecule has 5 fully saturated rings. The fourth-order valence-corrected chi connectivity index (χ4v) is 11.4. The average molecular weight is 459 g/mol. The van der Waals surface area contributed by atoms with Crippen LogP contribution in [0.3, 0.4) is 0 Å². The zero-order valence-electron chi connectivity index (χ0n) is 22.6. The zero-order chi connectivity index (χ0) is 24.4. The third-order valence-corrected chi connectivity index (χ3v) is 13.7. The van der Waals surface area contributed by atoms with Gasteiger partial charge in [-0.05, 0) is 96.2 Å². The molecule has 2 N–H and O–H groups in total. The van der Waals surface area contributed by atoms with E-state index in [0.717, 1.165) is 32.1 Å². The van der Waals surface area contributed by atoms with Crippen LogP contribution in [0.5, 0.6) is 0 Å². The standard InChI is InChI=1S/C30H50O3/c1-18-19(31)15-20(32)24-27(18,5)10-9-21-28(24,6)13-14-29(7)22-16-25(2,3)11-12-26(22,4)17-23(33)30(21,29)8/h18,20-24,32-33H,9-17H2,1-8H3/t18-,20+,21-,22+,23-,24+,26+,27+,28+,29-,30-/m0/s1. The summed E-state index contributed by atoms with van der Waals surface area (Å²) in [5, 5.41) is 23.4. The van der Waals surface area contributed by atoms with Crippen molar-refractivity contribution in [3.8, 4) is 0 Å². The molecule has 5 aliphatic carbocycles. The lowest BCUT2D eigenvalue weighted by Gasteiger charge is -2.76. The van der Waals surface area contributed by atoms with Gasteiger partial charge in [-0.3, -0.25) is 4.79 Å². The molecule has 0 heterocycles. The van der Waals surface area contributed by atoms with Crippen molar-refractivity contribution in [3.63, 3.8) is 0 Å². The summed E-state index contributed by atoms with van der Waals surface area (Å²) >= 11 is 0. The zero-order valence-corrected chi connectivity index (χ0v) is 22.6. The number of carbonyl (C=O) groups excluding carboxylic acids is 1. The quantitative estimate of drug-likeness (QED) is 0.442. The van der Waals surface area contributed by atoms with Gasteiger partial charge in [0.1, 0.15) is 5.78 Å². The molecule has 11 atom stereocenters. The van der Waals surface area contributed by atoms with E-state index in [9.17, 15) is 15.0 Å². The highest BCUT2D eigenvalue weighted by Crippen LogP contribution is 2.78. The molecule has 0 aromatic carbocycles. The molecule has 0 amide bonds. The lowest BCUT2D eigenvalue weighted by atomic mass is 9.29. The van der Waals surface area contributed by atoms with Crippen molar-refractivity contribution < 1.29 is 15.0 Å². The van der Waals surface area contributed by atoms with Gasteiger partial charge in [0, 0.05) is 17.8 Å². The largest absolute Gasteiger partial charge is 0.393 e. The van der Waals surface area contributed by atoms with Crippen LogP contribution in [0.4, 0.5) is 0 Å². The molecule has 0 spiro atoms. The number of hydrogen-bond donors (Lipinski definition) is 2. The molecule has 0 bridgehead atoms. The topological polar surface area (TPSA) is 57.5 Å². The predicted octanol–water partition coefficient (Wildman–Crippen LogP) is 6.40. The van der Waals surface area contributed by atoms with E-state index in [-0.39, 0.29) is 50.8 Å². The molecular weight excluding hydrogens is 408 g/mol. The van der Waals surface area contributed by atoms with Crippen LogP contribution in [0, 0.1) is 56.2 Å². The number of hydrogen-bond acceptors (Lipinski definition) is 3. The Kier molecular flexibility index (Phi) is 5.06. The van der Waals surface area contributed by atoms with E-state index in [1.807, 2.05) is 0 Å². The third-order valence-electron chi connectivity index (χ3n) is 13.7. The molecule has 33 heavy (non-hydrogen) atoms. The maximum atomic E-state index is 12.8. The Morgan fingerprint density at radius 3 is 2.12 bits per heavy atom. The predicted molar refractivity (Wildman–Crippen MR) is 133 cm³/mol. The average Bonchev–Trinajstić information content (AvgIpc) is 2.70. The van der Waals surface area contributed by atoms with Gasteiger partial charge < -0.3 is 10.2 Å². The van der Waals surface area contributed by atoms with E-state index in [2.05, 4.69) is 55.4 Å². The van der Waals surface area contributed by atoms with Crippen LogP contribution in [0.15, 0.2) is 0 Å². The molecule has 188 valence electrons. The van der Waals surface area contributed by atoms with E-state index in [1.54, 1.807) is 0 Å². The fraction of sp³-hybridized carbons (Fsp3) is 0.967. The van der Waals surface area contributed by atoms with Gasteiger partial charge in [-0.15, -0.1) is 0 Å². The van der Waals surface area contributed by atoms with E-state index >= 15 is 0 Å². The Bertz CT molecular complexity index is 849. The van der Waals surface area contributed by atoms with Crippen LogP contribution in [0.2, 0.25) is 0 Å². The van der Waals surface area contributed by atoms with Gasteiger partial charge >= 0.3 is 0 Å². The number of aliphatic hydroxyl groups is 2. The van der Waals surface area contributed by atoms with Crippen molar-refractivity contribution >= 4 is 5.78 Å². The Hall–Kier alpha value is -0.410. The van der Waals surface area contributed by atoms with Gasteiger partial charge in [0.2, 0.25) is 0 Å². The normalized spacial score (nSPS) is 60.2. The summed E-state index contributed by atoms with van der Waals surface area (Å²) in [7, 11) is 0. The summed E-state index contributed by atoms with van der Waals surface area (Å²) in [5.41, 5.74) is 0.391. The van der Waals surface area contributed by atoms with Crippen LogP contribution in [-0.2, 0) is 4.79 Å². The minimum atomic E-state index is -0.543. The Balaban J connectivity index is 1.60. The summed E-state index contributed by atoms with van der Waals surface area (Å²) < 4.78 is 0. The summed E-state index contributed by atoms with van der Waals surface area (Å²) in [6.45, 7) is 19.2. The first-order valence-corrected chi connectivity index (χ1v) is 13.9. The van der Waals surface area contributed by atoms with Gasteiger partial charge in [-0.1, -0.05) is 55.4 Å². The van der Waals surface area contributed by atoms with E-state index in [0.29, 0.717) is 23.7 Å². The molecule has 0 unspecified atom stereocenters. The summed E-state index contributed by atoms with van der Waals surface area (Å²) in [4.78, 5) is 12.8. The highest BCUT2D eigenvalue weighted by atomic mass is 16.3. The number of Topliss-reactive ketones (excluding diaryl/α,β-unsaturated/α-hetero) is 1. The van der Waals surface area contributed by atoms with E-state index < -0.39 is 6.10 Å². The highest BCUT2D eigenvalue weighted by Gasteiger charge is 2.74. The monoisotopic (exact) mass is 458 g/mol. The molecule has 0 aliphatic heterocycles. The second-order valence-corrected chi connectivity index (χ2v) is 15.5. The number of carbonyl (C=O) groups is 1. The fourth-order valence-electron chi connectivity index (χ4n) is 11.4. The first-order chi connectivity index (χ1) is 15.1. The molecule has 5 rings (SSSR count). The van der Waals surface area contributed by atoms with Crippen LogP contribution in [-0.4, -0.2) is 28.2 Å². The van der Waals surface area contributed by atoms with Crippen molar-refractivity contribution in [3.05, 3.63) is 0 Å². The maximum Gasteiger partial charge on any atom is 0.138 e. The third kappa shape index (κ3) is 2.85. The van der Waals surface area contributed by atoms with Crippen molar-refractivity contribution in [2.24, 2.45) is 56.2 Å². The second-order valence-electron chi connectivity index (χ2n) is 15.5. The maximum absolute atomic E-state index is 12.8. The van der Waals surface area contributed by atoms with Crippen molar-refractivity contribution in [2.75, 3.05) is 0 Å². The smallest absolute Gasteiger partial charge is 0.138 e. The molecule has 0 radical (unpaired) electrons. The molecule has 0 aromatic rings. The number of aliphatic hydroxyl groups excluding tert-OH is 2. The van der Waals surface area contributed by atoms with Crippen LogP contribution < -0.4 is 0 Å². The van der Waals surface area contributed by atoms with Crippen LogP contribution in [0.1, 0.15) is 113 Å². The molecule has 3 heteroatoms. The Labute approximate surface area is 202 Å². The molecule has 0 aromatic heterocycles. The van der Waals surface area contributed by atoms with Gasteiger partial charge in [-0.25, -0.2) is 0 Å². The number of fused-ring (bicyclic) bond motifs is 7. The van der Waals surface area contributed by atoms with Crippen molar-refractivity contribution in [1.29, 1.82) is 0 Å². The molecular formula is C30H50O3. The van der Waals surface area contributed by atoms with Crippen molar-refractivity contribution in [1.82, 2.24) is 0 Å². The first-order valence-electron chi connectivity index (χ1n) is 13.9. The van der Waals surface area contributed by atoms with Crippen molar-refractivity contribution in [2.45, 2.75) is 125 Å².